The van der Waals surface area contributed by atoms with Crippen LogP contribution < -0.4 is 0 Å². The van der Waals surface area contributed by atoms with E-state index in [1.54, 1.807) is 0 Å². The van der Waals surface area contributed by atoms with Crippen molar-refractivity contribution >= 4 is 57.9 Å². The van der Waals surface area contributed by atoms with E-state index in [0.717, 1.165) is 78.3 Å². The van der Waals surface area contributed by atoms with Gasteiger partial charge in [0.25, 0.3) is 0 Å². The molecule has 0 saturated heterocycles. The molecule has 0 atom stereocenters. The number of rotatable bonds is 2. The van der Waals surface area contributed by atoms with Gasteiger partial charge >= 0.3 is 0 Å². The van der Waals surface area contributed by atoms with Crippen LogP contribution in [0.5, 0.6) is 0 Å². The van der Waals surface area contributed by atoms with Crippen LogP contribution in [-0.2, 0) is 21.7 Å². The Labute approximate surface area is 399 Å². The van der Waals surface area contributed by atoms with Crippen molar-refractivity contribution in [2.24, 2.45) is 0 Å². The molecule has 2 aliphatic carbocycles. The maximum absolute atomic E-state index is 14.8. The minimum absolute atomic E-state index is 0.0571. The lowest BCUT2D eigenvalue weighted by atomic mass is 9.78. The lowest BCUT2D eigenvalue weighted by Gasteiger charge is -2.26. The number of aromatic nitrogens is 4. The lowest BCUT2D eigenvalue weighted by molar-refractivity contribution is 0.103. The Morgan fingerprint density at radius 1 is 0.353 bits per heavy atom. The van der Waals surface area contributed by atoms with E-state index in [0.29, 0.717) is 33.3 Å². The molecule has 0 amide bonds. The molecule has 4 aromatic carbocycles. The van der Waals surface area contributed by atoms with E-state index in [1.807, 2.05) is 60.7 Å². The summed E-state index contributed by atoms with van der Waals surface area (Å²) in [6.07, 6.45) is 8.46. The summed E-state index contributed by atoms with van der Waals surface area (Å²) in [5, 5.41) is 0. The molecular formula is C62H58N4O2. The van der Waals surface area contributed by atoms with E-state index in [-0.39, 0.29) is 33.2 Å². The molecule has 11 rings (SSSR count). The van der Waals surface area contributed by atoms with Gasteiger partial charge in [-0.25, -0.2) is 9.97 Å². The summed E-state index contributed by atoms with van der Waals surface area (Å²) in [6, 6.07) is 33.6. The number of carbonyl (C=O) groups is 2. The SMILES string of the molecule is CC(C)(C)c1cc(-c2c3nc(c(-c4cc(C(C)(C)C)cc(C(C)(C)C)c4)c4cc5c([nH]4)c(c4cc6c([nH]4)c(c4nc2C=C4)-c2ccccc2C6=O)-c2ccccc2C5=O)C=C3)cc(C(C)(C)C)c1. The molecule has 0 radical (unpaired) electrons. The Bertz CT molecular complexity index is 3570. The first kappa shape index (κ1) is 43.4. The number of nitrogens with zero attached hydrogens (tertiary/aromatic N) is 2. The fourth-order valence-corrected chi connectivity index (χ4v) is 10.3. The topological polar surface area (TPSA) is 91.5 Å². The molecule has 2 N–H and O–H groups in total. The Morgan fingerprint density at radius 3 is 1.09 bits per heavy atom. The molecule has 338 valence electrons. The normalized spacial score (nSPS) is 14.1. The Morgan fingerprint density at radius 2 is 0.676 bits per heavy atom. The van der Waals surface area contributed by atoms with E-state index < -0.39 is 0 Å². The second-order valence-electron chi connectivity index (χ2n) is 23.2. The molecule has 6 nitrogen and oxygen atoms in total. The standard InChI is InChI=1S/C62H58N4O2/c1-59(2,3)35-25-33(26-36(29-35)60(4,5)6)51-45-21-22-47(63-45)52(34-27-37(61(7,8)9)30-38(28-34)62(10,11)12)49-31-43-56(65-49)54(40-18-14-16-20-42(40)58(43)68)50-32-44-55(66-50)53(48-24-23-46(51)64-48)39-17-13-15-19-41(39)57(44)67/h13-32,65-66H,1-12H3. The first-order valence-electron chi connectivity index (χ1n) is 23.9. The molecular weight excluding hydrogens is 833 g/mol. The second kappa shape index (κ2) is 14.7. The second-order valence-corrected chi connectivity index (χ2v) is 23.2. The van der Waals surface area contributed by atoms with Gasteiger partial charge in [0.05, 0.1) is 33.8 Å². The summed E-state index contributed by atoms with van der Waals surface area (Å²) in [5.74, 6) is -0.115. The highest BCUT2D eigenvalue weighted by Crippen LogP contribution is 2.47. The van der Waals surface area contributed by atoms with Gasteiger partial charge in [0.1, 0.15) is 0 Å². The van der Waals surface area contributed by atoms with E-state index in [1.165, 1.54) is 22.3 Å². The van der Waals surface area contributed by atoms with Crippen molar-refractivity contribution < 1.29 is 9.59 Å². The number of nitrogens with one attached hydrogen (secondary N) is 2. The van der Waals surface area contributed by atoms with E-state index in [9.17, 15) is 9.59 Å². The van der Waals surface area contributed by atoms with Crippen LogP contribution in [0, 0.1) is 0 Å². The fraction of sp³-hybridized carbons (Fsp3) is 0.258. The third kappa shape index (κ3) is 6.90. The minimum atomic E-state index is -0.155. The smallest absolute Gasteiger partial charge is 0.195 e. The van der Waals surface area contributed by atoms with Crippen molar-refractivity contribution in [2.75, 3.05) is 0 Å². The monoisotopic (exact) mass is 890 g/mol. The maximum Gasteiger partial charge on any atom is 0.195 e. The van der Waals surface area contributed by atoms with Gasteiger partial charge in [-0.2, -0.15) is 0 Å². The molecule has 0 unspecified atom stereocenters. The molecule has 2 aliphatic heterocycles. The fourth-order valence-electron chi connectivity index (χ4n) is 10.3. The van der Waals surface area contributed by atoms with Gasteiger partial charge in [-0.1, -0.05) is 168 Å². The van der Waals surface area contributed by atoms with Gasteiger partial charge < -0.3 is 9.97 Å². The Hall–Kier alpha value is -7.18. The highest BCUT2D eigenvalue weighted by molar-refractivity contribution is 6.27. The Kier molecular flexibility index (Phi) is 9.35. The predicted molar refractivity (Wildman–Crippen MR) is 282 cm³/mol. The average Bonchev–Trinajstić information content (AvgIpc) is 4.11. The van der Waals surface area contributed by atoms with Gasteiger partial charge in [-0.15, -0.1) is 0 Å². The highest BCUT2D eigenvalue weighted by Gasteiger charge is 2.33. The first-order chi connectivity index (χ1) is 32.0. The van der Waals surface area contributed by atoms with Gasteiger partial charge in [-0.3, -0.25) is 9.59 Å². The van der Waals surface area contributed by atoms with Crippen LogP contribution in [0.4, 0.5) is 0 Å². The number of carbonyl (C=O) groups excluding carboxylic acids is 2. The average molecular weight is 891 g/mol. The third-order valence-corrected chi connectivity index (χ3v) is 14.3. The van der Waals surface area contributed by atoms with E-state index in [4.69, 9.17) is 9.97 Å². The van der Waals surface area contributed by atoms with Crippen LogP contribution in [-0.4, -0.2) is 31.5 Å². The van der Waals surface area contributed by atoms with Crippen LogP contribution in [0.15, 0.2) is 97.1 Å². The summed E-state index contributed by atoms with van der Waals surface area (Å²) < 4.78 is 0. The number of H-pyrrole nitrogens is 2. The van der Waals surface area contributed by atoms with Crippen molar-refractivity contribution in [3.05, 3.63) is 164 Å². The number of hydrogen-bond donors (Lipinski definition) is 2. The van der Waals surface area contributed by atoms with Crippen LogP contribution >= 0.6 is 0 Å². The number of hydrogen-bond acceptors (Lipinski definition) is 4. The van der Waals surface area contributed by atoms with Crippen LogP contribution in [0.3, 0.4) is 0 Å². The zero-order valence-electron chi connectivity index (χ0n) is 41.3. The molecule has 8 bridgehead atoms. The number of aromatic amines is 2. The molecule has 3 aromatic heterocycles. The molecule has 6 heteroatoms. The summed E-state index contributed by atoms with van der Waals surface area (Å²) in [6.45, 7) is 27.1. The van der Waals surface area contributed by atoms with Gasteiger partial charge in [0, 0.05) is 55.5 Å². The van der Waals surface area contributed by atoms with Crippen molar-refractivity contribution in [2.45, 2.75) is 105 Å². The Balaban J connectivity index is 1.38. The van der Waals surface area contributed by atoms with E-state index in [2.05, 4.69) is 154 Å². The molecule has 0 fully saturated rings. The maximum atomic E-state index is 14.8. The number of ketones is 2. The summed E-state index contributed by atoms with van der Waals surface area (Å²) in [5.41, 5.74) is 19.9. The van der Waals surface area contributed by atoms with Crippen LogP contribution in [0.25, 0.3) is 90.9 Å². The van der Waals surface area contributed by atoms with Gasteiger partial charge in [-0.05, 0) is 103 Å². The highest BCUT2D eigenvalue weighted by atomic mass is 16.1. The van der Waals surface area contributed by atoms with Crippen molar-refractivity contribution in [3.63, 3.8) is 0 Å². The molecule has 68 heavy (non-hydrogen) atoms. The van der Waals surface area contributed by atoms with Crippen molar-refractivity contribution in [3.8, 4) is 44.5 Å². The molecule has 5 heterocycles. The summed E-state index contributed by atoms with van der Waals surface area (Å²) >= 11 is 0. The summed E-state index contributed by atoms with van der Waals surface area (Å²) in [4.78, 5) is 48.4. The minimum Gasteiger partial charge on any atom is -0.354 e. The van der Waals surface area contributed by atoms with Crippen molar-refractivity contribution in [1.82, 2.24) is 19.9 Å². The number of fused-ring (bicyclic) bond motifs is 12. The lowest BCUT2D eigenvalue weighted by Crippen LogP contribution is -2.16. The van der Waals surface area contributed by atoms with Crippen molar-refractivity contribution in [1.29, 1.82) is 0 Å². The van der Waals surface area contributed by atoms with Gasteiger partial charge in [0.15, 0.2) is 11.6 Å². The third-order valence-electron chi connectivity index (χ3n) is 14.3. The molecule has 0 spiro atoms. The van der Waals surface area contributed by atoms with E-state index >= 15 is 0 Å². The van der Waals surface area contributed by atoms with Gasteiger partial charge in [0.2, 0.25) is 0 Å². The van der Waals surface area contributed by atoms with Crippen LogP contribution in [0.1, 0.15) is 160 Å². The number of benzene rings is 4. The molecule has 4 aliphatic rings. The zero-order valence-corrected chi connectivity index (χ0v) is 41.3. The quantitative estimate of drug-likeness (QED) is 0.181. The first-order valence-corrected chi connectivity index (χ1v) is 23.9. The van der Waals surface area contributed by atoms with Crippen LogP contribution in [0.2, 0.25) is 0 Å². The predicted octanol–water partition coefficient (Wildman–Crippen LogP) is 15.6. The molecule has 7 aromatic rings. The molecule has 0 saturated carbocycles. The summed E-state index contributed by atoms with van der Waals surface area (Å²) in [7, 11) is 0. The largest absolute Gasteiger partial charge is 0.354 e. The zero-order chi connectivity index (χ0) is 48.0.